The molecular formula is C22H23NO6. The van der Waals surface area contributed by atoms with Crippen LogP contribution in [0.5, 0.6) is 11.5 Å². The molecule has 29 heavy (non-hydrogen) atoms. The highest BCUT2D eigenvalue weighted by atomic mass is 16.5. The first-order chi connectivity index (χ1) is 13.9. The number of likely N-dealkylation sites (tertiary alicyclic amines) is 1. The molecule has 3 rings (SSSR count). The second-order valence-electron chi connectivity index (χ2n) is 6.78. The topological polar surface area (TPSA) is 96.3 Å². The number of nitrogens with zero attached hydrogens (tertiary/aromatic N) is 1. The lowest BCUT2D eigenvalue weighted by Gasteiger charge is -2.25. The number of aliphatic hydroxyl groups is 1. The summed E-state index contributed by atoms with van der Waals surface area (Å²) >= 11 is 0. The molecule has 0 aromatic heterocycles. The van der Waals surface area contributed by atoms with E-state index in [1.54, 1.807) is 24.3 Å². The van der Waals surface area contributed by atoms with Gasteiger partial charge in [-0.3, -0.25) is 9.59 Å². The van der Waals surface area contributed by atoms with Gasteiger partial charge in [-0.15, -0.1) is 0 Å². The number of amides is 1. The number of phenolic OH excluding ortho intramolecular Hbond substituents is 1. The summed E-state index contributed by atoms with van der Waals surface area (Å²) in [6.45, 7) is 2.26. The molecule has 0 saturated carbocycles. The Morgan fingerprint density at radius 3 is 2.41 bits per heavy atom. The number of carbonyl (C=O) groups is 2. The third-order valence-electron chi connectivity index (χ3n) is 4.90. The third kappa shape index (κ3) is 3.82. The van der Waals surface area contributed by atoms with Crippen LogP contribution in [0.25, 0.3) is 5.76 Å². The number of ether oxygens (including phenoxy) is 2. The molecule has 2 aromatic rings. The van der Waals surface area contributed by atoms with Gasteiger partial charge in [-0.2, -0.15) is 0 Å². The molecule has 7 heteroatoms. The van der Waals surface area contributed by atoms with Crippen LogP contribution in [0.3, 0.4) is 0 Å². The van der Waals surface area contributed by atoms with Crippen molar-refractivity contribution in [3.05, 3.63) is 64.7 Å². The van der Waals surface area contributed by atoms with Crippen LogP contribution >= 0.6 is 0 Å². The minimum Gasteiger partial charge on any atom is -0.508 e. The second-order valence-corrected chi connectivity index (χ2v) is 6.78. The summed E-state index contributed by atoms with van der Waals surface area (Å²) in [6, 6.07) is 10.6. The maximum absolute atomic E-state index is 12.9. The molecule has 0 spiro atoms. The van der Waals surface area contributed by atoms with Gasteiger partial charge in [-0.1, -0.05) is 23.8 Å². The van der Waals surface area contributed by atoms with Crippen LogP contribution < -0.4 is 4.74 Å². The molecule has 0 bridgehead atoms. The van der Waals surface area contributed by atoms with E-state index in [1.165, 1.54) is 31.3 Å². The van der Waals surface area contributed by atoms with Gasteiger partial charge in [-0.25, -0.2) is 0 Å². The molecule has 2 aromatic carbocycles. The number of aryl methyl sites for hydroxylation is 1. The van der Waals surface area contributed by atoms with Gasteiger partial charge in [-0.05, 0) is 36.8 Å². The fraction of sp³-hybridized carbons (Fsp3) is 0.273. The average Bonchev–Trinajstić information content (AvgIpc) is 2.97. The predicted molar refractivity (Wildman–Crippen MR) is 107 cm³/mol. The Morgan fingerprint density at radius 1 is 1.10 bits per heavy atom. The first-order valence-corrected chi connectivity index (χ1v) is 9.10. The monoisotopic (exact) mass is 397 g/mol. The van der Waals surface area contributed by atoms with Crippen LogP contribution in [0.1, 0.15) is 22.7 Å². The number of hydrogen-bond donors (Lipinski definition) is 2. The quantitative estimate of drug-likeness (QED) is 0.442. The van der Waals surface area contributed by atoms with Crippen LogP contribution in [-0.4, -0.2) is 54.2 Å². The highest BCUT2D eigenvalue weighted by Gasteiger charge is 2.46. The van der Waals surface area contributed by atoms with Crippen LogP contribution in [0.2, 0.25) is 0 Å². The molecule has 152 valence electrons. The van der Waals surface area contributed by atoms with E-state index in [9.17, 15) is 19.8 Å². The number of benzene rings is 2. The molecule has 7 nitrogen and oxygen atoms in total. The molecule has 1 unspecified atom stereocenters. The number of methoxy groups -OCH3 is 2. The van der Waals surface area contributed by atoms with Gasteiger partial charge in [0.15, 0.2) is 0 Å². The Labute approximate surface area is 168 Å². The van der Waals surface area contributed by atoms with Crippen molar-refractivity contribution >= 4 is 17.4 Å². The summed E-state index contributed by atoms with van der Waals surface area (Å²) in [7, 11) is 2.97. The zero-order valence-corrected chi connectivity index (χ0v) is 16.5. The molecule has 1 atom stereocenters. The normalized spacial score (nSPS) is 18.3. The number of phenols is 1. The van der Waals surface area contributed by atoms with Crippen LogP contribution in [0, 0.1) is 6.92 Å². The first kappa shape index (κ1) is 20.4. The maximum Gasteiger partial charge on any atom is 0.295 e. The lowest BCUT2D eigenvalue weighted by Crippen LogP contribution is -2.32. The molecule has 1 amide bonds. The van der Waals surface area contributed by atoms with Crippen molar-refractivity contribution in [1.29, 1.82) is 0 Å². The minimum absolute atomic E-state index is 0.0271. The van der Waals surface area contributed by atoms with Crippen molar-refractivity contribution in [3.63, 3.8) is 0 Å². The number of carbonyl (C=O) groups excluding carboxylic acids is 2. The smallest absolute Gasteiger partial charge is 0.295 e. The number of rotatable bonds is 6. The Morgan fingerprint density at radius 2 is 1.79 bits per heavy atom. The van der Waals surface area contributed by atoms with Crippen LogP contribution in [0.4, 0.5) is 0 Å². The first-order valence-electron chi connectivity index (χ1n) is 9.10. The summed E-state index contributed by atoms with van der Waals surface area (Å²) in [5.74, 6) is -1.35. The average molecular weight is 397 g/mol. The van der Waals surface area contributed by atoms with Crippen molar-refractivity contribution in [1.82, 2.24) is 4.90 Å². The fourth-order valence-electron chi connectivity index (χ4n) is 3.46. The Hall–Kier alpha value is -3.32. The highest BCUT2D eigenvalue weighted by molar-refractivity contribution is 6.46. The summed E-state index contributed by atoms with van der Waals surface area (Å²) in [6.07, 6.45) is 0. The van der Waals surface area contributed by atoms with E-state index < -0.39 is 17.7 Å². The summed E-state index contributed by atoms with van der Waals surface area (Å²) in [5, 5.41) is 20.7. The number of hydrogen-bond acceptors (Lipinski definition) is 6. The molecule has 1 heterocycles. The summed E-state index contributed by atoms with van der Waals surface area (Å²) < 4.78 is 10.4. The molecule has 1 fully saturated rings. The summed E-state index contributed by atoms with van der Waals surface area (Å²) in [4.78, 5) is 27.0. The predicted octanol–water partition coefficient (Wildman–Crippen LogP) is 2.78. The van der Waals surface area contributed by atoms with Crippen molar-refractivity contribution in [3.8, 4) is 11.5 Å². The second kappa shape index (κ2) is 8.36. The van der Waals surface area contributed by atoms with Crippen molar-refractivity contribution in [2.24, 2.45) is 0 Å². The molecule has 0 aliphatic carbocycles. The zero-order chi connectivity index (χ0) is 21.1. The third-order valence-corrected chi connectivity index (χ3v) is 4.90. The van der Waals surface area contributed by atoms with Gasteiger partial charge in [0.2, 0.25) is 0 Å². The van der Waals surface area contributed by atoms with E-state index in [0.29, 0.717) is 16.9 Å². The van der Waals surface area contributed by atoms with E-state index in [1.807, 2.05) is 13.0 Å². The standard InChI is InChI=1S/C22H23NO6/c1-13-4-9-17(29-3)16(12-13)20(25)18-19(14-5-7-15(24)8-6-14)23(10-11-28-2)22(27)21(18)26/h4-9,12,19,24-25H,10-11H2,1-3H3/b20-18+. The van der Waals surface area contributed by atoms with Crippen molar-refractivity contribution in [2.45, 2.75) is 13.0 Å². The Balaban J connectivity index is 2.22. The number of aliphatic hydroxyl groups excluding tert-OH is 1. The molecule has 1 aliphatic rings. The molecule has 1 saturated heterocycles. The molecule has 2 N–H and O–H groups in total. The van der Waals surface area contributed by atoms with Gasteiger partial charge in [0.05, 0.1) is 30.9 Å². The SMILES string of the molecule is COCCN1C(=O)C(=O)/C(=C(/O)c2cc(C)ccc2OC)C1c1ccc(O)cc1. The number of Topliss-reactive ketones (excluding diaryl/α,β-unsaturated/α-hetero) is 1. The van der Waals surface area contributed by atoms with Gasteiger partial charge in [0.25, 0.3) is 11.7 Å². The maximum atomic E-state index is 12.9. The van der Waals surface area contributed by atoms with Crippen molar-refractivity contribution in [2.75, 3.05) is 27.4 Å². The van der Waals surface area contributed by atoms with Gasteiger partial charge < -0.3 is 24.6 Å². The molecule has 0 radical (unpaired) electrons. The van der Waals surface area contributed by atoms with Gasteiger partial charge in [0, 0.05) is 13.7 Å². The van der Waals surface area contributed by atoms with E-state index in [-0.39, 0.29) is 30.2 Å². The lowest BCUT2D eigenvalue weighted by atomic mass is 9.94. The van der Waals surface area contributed by atoms with Crippen molar-refractivity contribution < 1.29 is 29.3 Å². The summed E-state index contributed by atoms with van der Waals surface area (Å²) in [5.41, 5.74) is 1.76. The van der Waals surface area contributed by atoms with Gasteiger partial charge >= 0.3 is 0 Å². The van der Waals surface area contributed by atoms with E-state index >= 15 is 0 Å². The number of aromatic hydroxyl groups is 1. The number of ketones is 1. The minimum atomic E-state index is -0.809. The van der Waals surface area contributed by atoms with E-state index in [4.69, 9.17) is 9.47 Å². The molecule has 1 aliphatic heterocycles. The van der Waals surface area contributed by atoms with Crippen LogP contribution in [-0.2, 0) is 14.3 Å². The Bertz CT molecular complexity index is 964. The Kier molecular flexibility index (Phi) is 5.89. The van der Waals surface area contributed by atoms with E-state index in [0.717, 1.165) is 5.56 Å². The highest BCUT2D eigenvalue weighted by Crippen LogP contribution is 2.41. The van der Waals surface area contributed by atoms with E-state index in [2.05, 4.69) is 0 Å². The fourth-order valence-corrected chi connectivity index (χ4v) is 3.46. The van der Waals surface area contributed by atoms with Gasteiger partial charge in [0.1, 0.15) is 17.3 Å². The largest absolute Gasteiger partial charge is 0.508 e. The zero-order valence-electron chi connectivity index (χ0n) is 16.5. The van der Waals surface area contributed by atoms with Crippen LogP contribution in [0.15, 0.2) is 48.0 Å². The lowest BCUT2D eigenvalue weighted by molar-refractivity contribution is -0.140. The molecular weight excluding hydrogens is 374 g/mol.